The Balaban J connectivity index is 1.97. The van der Waals surface area contributed by atoms with Crippen molar-refractivity contribution >= 4 is 5.84 Å². The normalized spacial score (nSPS) is 10.0. The first-order valence-electron chi connectivity index (χ1n) is 5.59. The number of hydrogen-bond donors (Lipinski definition) is 2. The number of hydrogen-bond acceptors (Lipinski definition) is 4. The third kappa shape index (κ3) is 3.04. The van der Waals surface area contributed by atoms with Gasteiger partial charge in [-0.05, 0) is 24.3 Å². The van der Waals surface area contributed by atoms with Gasteiger partial charge in [0.05, 0.1) is 6.61 Å². The predicted molar refractivity (Wildman–Crippen MR) is 68.7 cm³/mol. The van der Waals surface area contributed by atoms with E-state index in [4.69, 9.17) is 15.9 Å². The lowest BCUT2D eigenvalue weighted by molar-refractivity contribution is 0.318. The third-order valence-electron chi connectivity index (χ3n) is 2.37. The van der Waals surface area contributed by atoms with Crippen molar-refractivity contribution in [1.29, 1.82) is 5.41 Å². The van der Waals surface area contributed by atoms with E-state index in [1.165, 1.54) is 0 Å². The summed E-state index contributed by atoms with van der Waals surface area (Å²) >= 11 is 0. The molecule has 0 aliphatic heterocycles. The van der Waals surface area contributed by atoms with Gasteiger partial charge in [-0.1, -0.05) is 6.07 Å². The molecule has 2 aromatic rings. The van der Waals surface area contributed by atoms with Crippen LogP contribution in [0, 0.1) is 5.41 Å². The summed E-state index contributed by atoms with van der Waals surface area (Å²) in [6.07, 6.45) is 4.04. The lowest BCUT2D eigenvalue weighted by Crippen LogP contribution is -2.15. The van der Waals surface area contributed by atoms with E-state index >= 15 is 0 Å². The van der Waals surface area contributed by atoms with Crippen molar-refractivity contribution in [3.8, 4) is 5.75 Å². The summed E-state index contributed by atoms with van der Waals surface area (Å²) < 4.78 is 5.58. The molecule has 2 heterocycles. The number of rotatable bonds is 5. The van der Waals surface area contributed by atoms with Crippen molar-refractivity contribution in [3.05, 3.63) is 54.1 Å². The van der Waals surface area contributed by atoms with Crippen LogP contribution in [-0.4, -0.2) is 22.4 Å². The molecule has 0 aromatic carbocycles. The topological polar surface area (TPSA) is 84.9 Å². The second kappa shape index (κ2) is 5.77. The average molecular weight is 242 g/mol. The Bertz CT molecular complexity index is 528. The van der Waals surface area contributed by atoms with Gasteiger partial charge in [0.2, 0.25) is 0 Å². The molecule has 0 radical (unpaired) electrons. The highest BCUT2D eigenvalue weighted by atomic mass is 16.5. The van der Waals surface area contributed by atoms with Gasteiger partial charge in [0, 0.05) is 24.5 Å². The Morgan fingerprint density at radius 3 is 2.72 bits per heavy atom. The molecule has 0 aliphatic carbocycles. The van der Waals surface area contributed by atoms with Crippen LogP contribution in [0.2, 0.25) is 0 Å². The minimum absolute atomic E-state index is 0.0940. The van der Waals surface area contributed by atoms with E-state index in [0.29, 0.717) is 24.5 Å². The zero-order chi connectivity index (χ0) is 12.8. The van der Waals surface area contributed by atoms with Crippen molar-refractivity contribution in [1.82, 2.24) is 9.97 Å². The Hall–Kier alpha value is -2.43. The van der Waals surface area contributed by atoms with Crippen molar-refractivity contribution in [2.75, 3.05) is 6.61 Å². The van der Waals surface area contributed by atoms with Gasteiger partial charge in [-0.3, -0.25) is 10.4 Å². The van der Waals surface area contributed by atoms with E-state index in [9.17, 15) is 0 Å². The molecule has 5 heteroatoms. The smallest absolute Gasteiger partial charge is 0.148 e. The molecule has 0 saturated carbocycles. The number of nitrogen functional groups attached to an aromatic ring is 1. The molecule has 92 valence electrons. The van der Waals surface area contributed by atoms with Gasteiger partial charge in [-0.2, -0.15) is 0 Å². The summed E-state index contributed by atoms with van der Waals surface area (Å²) in [4.78, 5) is 8.22. The van der Waals surface area contributed by atoms with Crippen LogP contribution < -0.4 is 10.5 Å². The summed E-state index contributed by atoms with van der Waals surface area (Å²) in [5, 5.41) is 7.40. The molecule has 0 amide bonds. The van der Waals surface area contributed by atoms with E-state index in [2.05, 4.69) is 9.97 Å². The monoisotopic (exact) mass is 242 g/mol. The molecule has 2 rings (SSSR count). The van der Waals surface area contributed by atoms with Gasteiger partial charge >= 0.3 is 0 Å². The van der Waals surface area contributed by atoms with Crippen molar-refractivity contribution in [2.45, 2.75) is 6.42 Å². The van der Waals surface area contributed by atoms with Gasteiger partial charge in [-0.25, -0.2) is 4.98 Å². The van der Waals surface area contributed by atoms with Crippen LogP contribution in [0.4, 0.5) is 0 Å². The van der Waals surface area contributed by atoms with Crippen LogP contribution in [-0.2, 0) is 6.42 Å². The minimum Gasteiger partial charge on any atom is -0.491 e. The van der Waals surface area contributed by atoms with Crippen LogP contribution in [0.3, 0.4) is 0 Å². The average Bonchev–Trinajstić information content (AvgIpc) is 2.40. The lowest BCUT2D eigenvalue weighted by atomic mass is 10.3. The molecule has 18 heavy (non-hydrogen) atoms. The predicted octanol–water partition coefficient (Wildman–Crippen LogP) is 1.38. The number of ether oxygens (including phenoxy) is 1. The summed E-state index contributed by atoms with van der Waals surface area (Å²) in [7, 11) is 0. The minimum atomic E-state index is -0.0940. The van der Waals surface area contributed by atoms with Crippen molar-refractivity contribution in [3.63, 3.8) is 0 Å². The highest BCUT2D eigenvalue weighted by molar-refractivity contribution is 5.95. The van der Waals surface area contributed by atoms with Crippen molar-refractivity contribution < 1.29 is 4.74 Å². The maximum absolute atomic E-state index is 7.40. The Morgan fingerprint density at radius 1 is 1.17 bits per heavy atom. The van der Waals surface area contributed by atoms with E-state index in [0.717, 1.165) is 5.69 Å². The third-order valence-corrected chi connectivity index (χ3v) is 2.37. The molecule has 0 atom stereocenters. The van der Waals surface area contributed by atoms with E-state index in [1.807, 2.05) is 18.2 Å². The largest absolute Gasteiger partial charge is 0.491 e. The van der Waals surface area contributed by atoms with Gasteiger partial charge in [0.25, 0.3) is 0 Å². The molecule has 3 N–H and O–H groups in total. The van der Waals surface area contributed by atoms with Crippen LogP contribution in [0.5, 0.6) is 5.75 Å². The first-order valence-corrected chi connectivity index (χ1v) is 5.59. The van der Waals surface area contributed by atoms with Crippen LogP contribution in [0.1, 0.15) is 11.4 Å². The molecule has 0 spiro atoms. The zero-order valence-corrected chi connectivity index (χ0v) is 9.84. The quantitative estimate of drug-likeness (QED) is 0.612. The number of nitrogens with two attached hydrogens (primary N) is 1. The molecule has 0 aliphatic rings. The molecular weight excluding hydrogens is 228 g/mol. The summed E-state index contributed by atoms with van der Waals surface area (Å²) in [6, 6.07) is 9.26. The SMILES string of the molecule is N=C(N)c1ncccc1OCCc1ccccn1. The molecule has 0 unspecified atom stereocenters. The second-order valence-corrected chi connectivity index (χ2v) is 3.68. The van der Waals surface area contributed by atoms with Crippen molar-refractivity contribution in [2.24, 2.45) is 5.73 Å². The number of aromatic nitrogens is 2. The number of amidine groups is 1. The summed E-state index contributed by atoms with van der Waals surface area (Å²) in [5.74, 6) is 0.435. The standard InChI is InChI=1S/C13H14N4O/c14-13(15)12-11(5-3-8-17-12)18-9-6-10-4-1-2-7-16-10/h1-5,7-8H,6,9H2,(H3,14,15). The van der Waals surface area contributed by atoms with E-state index < -0.39 is 0 Å². The maximum Gasteiger partial charge on any atom is 0.148 e. The zero-order valence-electron chi connectivity index (χ0n) is 9.84. The highest BCUT2D eigenvalue weighted by Gasteiger charge is 2.07. The summed E-state index contributed by atoms with van der Waals surface area (Å²) in [6.45, 7) is 0.475. The first kappa shape index (κ1) is 12.0. The Labute approximate surface area is 105 Å². The fourth-order valence-corrected chi connectivity index (χ4v) is 1.52. The molecule has 0 saturated heterocycles. The van der Waals surface area contributed by atoms with E-state index in [-0.39, 0.29) is 5.84 Å². The van der Waals surface area contributed by atoms with Gasteiger partial charge < -0.3 is 10.5 Å². The highest BCUT2D eigenvalue weighted by Crippen LogP contribution is 2.14. The van der Waals surface area contributed by atoms with Gasteiger partial charge in [0.1, 0.15) is 17.3 Å². The number of pyridine rings is 2. The van der Waals surface area contributed by atoms with Crippen LogP contribution >= 0.6 is 0 Å². The first-order chi connectivity index (χ1) is 8.77. The summed E-state index contributed by atoms with van der Waals surface area (Å²) in [5.41, 5.74) is 6.76. The fourth-order valence-electron chi connectivity index (χ4n) is 1.52. The number of nitrogens with one attached hydrogen (secondary N) is 1. The van der Waals surface area contributed by atoms with Gasteiger partial charge in [-0.15, -0.1) is 0 Å². The maximum atomic E-state index is 7.40. The molecular formula is C13H14N4O. The molecule has 0 fully saturated rings. The van der Waals surface area contributed by atoms with E-state index in [1.54, 1.807) is 24.5 Å². The fraction of sp³-hybridized carbons (Fsp3) is 0.154. The van der Waals surface area contributed by atoms with Crippen LogP contribution in [0.15, 0.2) is 42.7 Å². The van der Waals surface area contributed by atoms with Gasteiger partial charge in [0.15, 0.2) is 0 Å². The molecule has 2 aromatic heterocycles. The second-order valence-electron chi connectivity index (χ2n) is 3.68. The Kier molecular flexibility index (Phi) is 3.86. The molecule has 0 bridgehead atoms. The lowest BCUT2D eigenvalue weighted by Gasteiger charge is -2.09. The Morgan fingerprint density at radius 2 is 2.00 bits per heavy atom. The molecule has 5 nitrogen and oxygen atoms in total. The van der Waals surface area contributed by atoms with Crippen LogP contribution in [0.25, 0.3) is 0 Å². The number of nitrogens with zero attached hydrogens (tertiary/aromatic N) is 2.